The zero-order valence-electron chi connectivity index (χ0n) is 34.1. The molecule has 8 rings (SSSR count). The highest BCUT2D eigenvalue weighted by Crippen LogP contribution is 2.56. The molecule has 1 aliphatic heterocycles. The Hall–Kier alpha value is -5.17. The van der Waals surface area contributed by atoms with E-state index in [-0.39, 0.29) is 47.6 Å². The summed E-state index contributed by atoms with van der Waals surface area (Å²) in [5.41, 5.74) is 7.14. The Bertz CT molecular complexity index is 2170. The number of hydrogen-bond donors (Lipinski definition) is 5. The summed E-state index contributed by atoms with van der Waals surface area (Å²) < 4.78 is 4.96. The number of hydrogen-bond acceptors (Lipinski definition) is 8. The number of fused-ring (bicyclic) bond motifs is 2. The summed E-state index contributed by atoms with van der Waals surface area (Å²) in [6, 6.07) is 20.1. The fourth-order valence-corrected chi connectivity index (χ4v) is 9.76. The van der Waals surface area contributed by atoms with Crippen molar-refractivity contribution in [1.82, 2.24) is 40.5 Å². The van der Waals surface area contributed by atoms with Crippen molar-refractivity contribution in [1.29, 1.82) is 0 Å². The molecule has 12 nitrogen and oxygen atoms in total. The molecule has 3 aromatic heterocycles. The molecule has 2 bridgehead atoms. The van der Waals surface area contributed by atoms with Crippen LogP contribution in [-0.4, -0.2) is 72.9 Å². The van der Waals surface area contributed by atoms with Gasteiger partial charge in [-0.2, -0.15) is 0 Å². The number of imidazole rings is 2. The lowest BCUT2D eigenvalue weighted by Crippen LogP contribution is -2.52. The number of aromatic nitrogens is 5. The number of carbonyl (C=O) groups is 2. The number of aromatic amines is 2. The van der Waals surface area contributed by atoms with E-state index in [2.05, 4.69) is 88.0 Å². The van der Waals surface area contributed by atoms with E-state index in [9.17, 15) is 14.7 Å². The molecule has 2 saturated carbocycles. The fourth-order valence-electron chi connectivity index (χ4n) is 9.76. The minimum atomic E-state index is -1.22. The van der Waals surface area contributed by atoms with Crippen molar-refractivity contribution >= 4 is 11.8 Å². The minimum Gasteiger partial charge on any atom is -0.356 e. The van der Waals surface area contributed by atoms with Gasteiger partial charge >= 0.3 is 0 Å². The molecule has 2 aromatic carbocycles. The lowest BCUT2D eigenvalue weighted by Gasteiger charge is -2.31. The van der Waals surface area contributed by atoms with Crippen LogP contribution >= 0.6 is 0 Å². The molecule has 304 valence electrons. The Balaban J connectivity index is 0.927. The third-order valence-corrected chi connectivity index (χ3v) is 12.8. The van der Waals surface area contributed by atoms with Crippen molar-refractivity contribution in [3.8, 4) is 33.6 Å². The molecule has 1 saturated heterocycles. The second-order valence-corrected chi connectivity index (χ2v) is 17.1. The number of rotatable bonds is 14. The molecule has 5 aromatic rings. The number of likely N-dealkylation sites (tertiary alicyclic amines) is 1. The van der Waals surface area contributed by atoms with Crippen LogP contribution in [0.3, 0.4) is 0 Å². The predicted octanol–water partition coefficient (Wildman–Crippen LogP) is 7.37. The van der Waals surface area contributed by atoms with E-state index in [1.165, 1.54) is 7.11 Å². The van der Waals surface area contributed by atoms with E-state index in [0.29, 0.717) is 18.4 Å². The molecule has 4 heterocycles. The SMILES string of the molecule is COC(O)N[C@H](C(=O)N1CCC[C@H]1c1ncc(-c2ccc(-c3ccc(-c4cnc([C@@H]5[C@H]6CC[C@H](C6)[C@H]5C(=O)N[C@H](c5cccnc5)C(C)C)[nH]4)cc3)cc2)[nH]1)C(C)C. The number of pyridine rings is 1. The Kier molecular flexibility index (Phi) is 11.6. The van der Waals surface area contributed by atoms with Crippen LogP contribution in [-0.2, 0) is 14.3 Å². The molecular formula is C46H56N8O4. The first kappa shape index (κ1) is 39.6. The quantitative estimate of drug-likeness (QED) is 0.0730. The smallest absolute Gasteiger partial charge is 0.240 e. The minimum absolute atomic E-state index is 0.0353. The van der Waals surface area contributed by atoms with E-state index in [1.807, 2.05) is 49.5 Å². The maximum atomic E-state index is 14.0. The largest absolute Gasteiger partial charge is 0.356 e. The van der Waals surface area contributed by atoms with Gasteiger partial charge in [0.1, 0.15) is 11.6 Å². The summed E-state index contributed by atoms with van der Waals surface area (Å²) >= 11 is 0. The first-order valence-corrected chi connectivity index (χ1v) is 20.9. The zero-order chi connectivity index (χ0) is 40.5. The molecule has 2 amide bonds. The molecule has 2 aliphatic carbocycles. The summed E-state index contributed by atoms with van der Waals surface area (Å²) in [5.74, 6) is 2.75. The summed E-state index contributed by atoms with van der Waals surface area (Å²) in [6.07, 6.45) is 11.2. The Morgan fingerprint density at radius 2 is 1.43 bits per heavy atom. The second-order valence-electron chi connectivity index (χ2n) is 17.1. The van der Waals surface area contributed by atoms with Crippen molar-refractivity contribution in [2.24, 2.45) is 29.6 Å². The zero-order valence-corrected chi connectivity index (χ0v) is 34.1. The third-order valence-electron chi connectivity index (χ3n) is 12.8. The lowest BCUT2D eigenvalue weighted by atomic mass is 9.78. The maximum absolute atomic E-state index is 14.0. The molecule has 3 fully saturated rings. The molecule has 0 spiro atoms. The van der Waals surface area contributed by atoms with Crippen molar-refractivity contribution in [3.05, 3.63) is 103 Å². The van der Waals surface area contributed by atoms with Crippen LogP contribution in [0.1, 0.15) is 95.0 Å². The Morgan fingerprint density at radius 3 is 2.03 bits per heavy atom. The average Bonchev–Trinajstić information content (AvgIpc) is 4.10. The summed E-state index contributed by atoms with van der Waals surface area (Å²) in [6.45, 7) is 8.82. The van der Waals surface area contributed by atoms with Gasteiger partial charge in [-0.15, -0.1) is 0 Å². The van der Waals surface area contributed by atoms with Gasteiger partial charge < -0.3 is 30.0 Å². The first-order valence-electron chi connectivity index (χ1n) is 20.9. The van der Waals surface area contributed by atoms with Crippen molar-refractivity contribution in [2.45, 2.75) is 90.3 Å². The van der Waals surface area contributed by atoms with E-state index in [1.54, 1.807) is 6.20 Å². The molecule has 1 unspecified atom stereocenters. The Labute approximate surface area is 340 Å². The molecule has 5 N–H and O–H groups in total. The van der Waals surface area contributed by atoms with E-state index in [0.717, 1.165) is 83.0 Å². The number of methoxy groups -OCH3 is 1. The summed E-state index contributed by atoms with van der Waals surface area (Å²) in [4.78, 5) is 50.5. The van der Waals surface area contributed by atoms with Gasteiger partial charge in [0.15, 0.2) is 0 Å². The van der Waals surface area contributed by atoms with Crippen LogP contribution in [0, 0.1) is 29.6 Å². The van der Waals surface area contributed by atoms with Gasteiger partial charge in [0, 0.05) is 32.0 Å². The number of ether oxygens (including phenoxy) is 1. The number of H-pyrrole nitrogens is 2. The van der Waals surface area contributed by atoms with Gasteiger partial charge in [-0.3, -0.25) is 19.9 Å². The van der Waals surface area contributed by atoms with Crippen molar-refractivity contribution in [2.75, 3.05) is 13.7 Å². The van der Waals surface area contributed by atoms with E-state index < -0.39 is 12.5 Å². The molecule has 3 aliphatic rings. The molecular weight excluding hydrogens is 729 g/mol. The van der Waals surface area contributed by atoms with Gasteiger partial charge in [-0.1, -0.05) is 82.3 Å². The van der Waals surface area contributed by atoms with E-state index in [4.69, 9.17) is 14.7 Å². The van der Waals surface area contributed by atoms with Gasteiger partial charge in [0.25, 0.3) is 0 Å². The van der Waals surface area contributed by atoms with Crippen LogP contribution < -0.4 is 10.6 Å². The highest BCUT2D eigenvalue weighted by molar-refractivity contribution is 5.83. The second kappa shape index (κ2) is 17.0. The number of aliphatic hydroxyl groups is 1. The molecule has 0 radical (unpaired) electrons. The summed E-state index contributed by atoms with van der Waals surface area (Å²) in [5, 5.41) is 16.3. The number of benzene rings is 2. The third kappa shape index (κ3) is 7.97. The van der Waals surface area contributed by atoms with E-state index >= 15 is 0 Å². The molecule has 8 atom stereocenters. The van der Waals surface area contributed by atoms with Gasteiger partial charge in [0.05, 0.1) is 47.8 Å². The van der Waals surface area contributed by atoms with Crippen LogP contribution in [0.5, 0.6) is 0 Å². The fraction of sp³-hybridized carbons (Fsp3) is 0.457. The lowest BCUT2D eigenvalue weighted by molar-refractivity contribution is -0.145. The van der Waals surface area contributed by atoms with Crippen molar-refractivity contribution < 1.29 is 19.4 Å². The monoisotopic (exact) mass is 784 g/mol. The number of amides is 2. The predicted molar refractivity (Wildman–Crippen MR) is 223 cm³/mol. The topological polar surface area (TPSA) is 161 Å². The van der Waals surface area contributed by atoms with Crippen molar-refractivity contribution in [3.63, 3.8) is 0 Å². The summed E-state index contributed by atoms with van der Waals surface area (Å²) in [7, 11) is 1.40. The number of aliphatic hydroxyl groups excluding tert-OH is 1. The van der Waals surface area contributed by atoms with Crippen LogP contribution in [0.4, 0.5) is 0 Å². The molecule has 12 heteroatoms. The highest BCUT2D eigenvalue weighted by atomic mass is 16.6. The van der Waals surface area contributed by atoms with Gasteiger partial charge in [0.2, 0.25) is 18.2 Å². The number of carbonyl (C=O) groups excluding carboxylic acids is 2. The van der Waals surface area contributed by atoms with Crippen LogP contribution in [0.25, 0.3) is 33.6 Å². The van der Waals surface area contributed by atoms with Gasteiger partial charge in [-0.25, -0.2) is 9.97 Å². The first-order chi connectivity index (χ1) is 28.1. The highest BCUT2D eigenvalue weighted by Gasteiger charge is 2.52. The maximum Gasteiger partial charge on any atom is 0.240 e. The number of nitrogens with zero attached hydrogens (tertiary/aromatic N) is 4. The molecule has 58 heavy (non-hydrogen) atoms. The van der Waals surface area contributed by atoms with Crippen LogP contribution in [0.2, 0.25) is 0 Å². The Morgan fingerprint density at radius 1 is 0.810 bits per heavy atom. The standard InChI is InChI=1S/C46H56N8O4/c1-26(2)40(34-8-6-20-47-23-34)52-44(55)39-33-19-18-32(22-33)38(39)43-49-25-36(51-43)31-16-12-29(13-17-31)28-10-14-30(15-11-28)35-24-48-42(50-35)37-9-7-21-54(37)45(56)41(27(3)4)53-46(57)58-5/h6,8,10-17,20,23-27,32-33,37-41,46,53,57H,7,9,18-19,21-22H2,1-5H3,(H,48,50)(H,49,51)(H,52,55)/t32-,33+,37-,38+,39+,40-,41-,46?/m0/s1. The average molecular weight is 785 g/mol. The number of nitrogens with one attached hydrogen (secondary N) is 4. The normalized spacial score (nSPS) is 23.1. The van der Waals surface area contributed by atoms with Crippen LogP contribution in [0.15, 0.2) is 85.5 Å². The van der Waals surface area contributed by atoms with Gasteiger partial charge in [-0.05, 0) is 89.7 Å².